The molecule has 0 aliphatic carbocycles. The van der Waals surface area contributed by atoms with Crippen LogP contribution >= 0.6 is 0 Å². The zero-order valence-electron chi connectivity index (χ0n) is 9.42. The molecule has 1 amide bonds. The highest BCUT2D eigenvalue weighted by molar-refractivity contribution is 5.83. The molecule has 0 radical (unpaired) electrons. The second kappa shape index (κ2) is 3.23. The van der Waals surface area contributed by atoms with E-state index in [2.05, 4.69) is 18.7 Å². The quantitative estimate of drug-likeness (QED) is 0.623. The van der Waals surface area contributed by atoms with Gasteiger partial charge in [-0.3, -0.25) is 9.69 Å². The van der Waals surface area contributed by atoms with Crippen molar-refractivity contribution in [3.05, 3.63) is 0 Å². The van der Waals surface area contributed by atoms with Crippen LogP contribution in [0.2, 0.25) is 0 Å². The topological polar surface area (TPSA) is 23.6 Å². The molecule has 2 aliphatic rings. The maximum absolute atomic E-state index is 11.8. The lowest BCUT2D eigenvalue weighted by atomic mass is 9.93. The van der Waals surface area contributed by atoms with Crippen molar-refractivity contribution in [1.29, 1.82) is 0 Å². The van der Waals surface area contributed by atoms with Gasteiger partial charge in [-0.2, -0.15) is 0 Å². The van der Waals surface area contributed by atoms with E-state index >= 15 is 0 Å². The predicted molar refractivity (Wildman–Crippen MR) is 56.0 cm³/mol. The highest BCUT2D eigenvalue weighted by atomic mass is 16.2. The van der Waals surface area contributed by atoms with E-state index in [4.69, 9.17) is 0 Å². The number of carbonyl (C=O) groups is 1. The van der Waals surface area contributed by atoms with E-state index in [1.165, 1.54) is 6.42 Å². The third kappa shape index (κ3) is 1.65. The molecule has 2 aliphatic heterocycles. The van der Waals surface area contributed by atoms with Gasteiger partial charge in [0.25, 0.3) is 0 Å². The van der Waals surface area contributed by atoms with Gasteiger partial charge in [0.1, 0.15) is 0 Å². The van der Waals surface area contributed by atoms with Crippen molar-refractivity contribution in [3.8, 4) is 0 Å². The Kier molecular flexibility index (Phi) is 2.30. The summed E-state index contributed by atoms with van der Waals surface area (Å²) in [6.07, 6.45) is 2.24. The number of rotatable bonds is 1. The van der Waals surface area contributed by atoms with Crippen molar-refractivity contribution in [2.45, 2.75) is 32.7 Å². The molecule has 2 saturated heterocycles. The fraction of sp³-hybridized carbons (Fsp3) is 0.909. The zero-order valence-corrected chi connectivity index (χ0v) is 9.42. The van der Waals surface area contributed by atoms with E-state index in [9.17, 15) is 4.79 Å². The Hall–Kier alpha value is -0.570. The fourth-order valence-electron chi connectivity index (χ4n) is 2.56. The minimum atomic E-state index is 0.182. The Bertz CT molecular complexity index is 250. The molecular formula is C11H20N2O. The second-order valence-corrected chi connectivity index (χ2v) is 5.45. The summed E-state index contributed by atoms with van der Waals surface area (Å²) >= 11 is 0. The Labute approximate surface area is 86.1 Å². The summed E-state index contributed by atoms with van der Waals surface area (Å²) in [7, 11) is 1.91. The number of hydrogen-bond donors (Lipinski definition) is 0. The van der Waals surface area contributed by atoms with Crippen LogP contribution in [0.15, 0.2) is 0 Å². The Morgan fingerprint density at radius 1 is 1.36 bits per heavy atom. The van der Waals surface area contributed by atoms with Crippen molar-refractivity contribution < 1.29 is 4.79 Å². The molecule has 0 N–H and O–H groups in total. The first-order valence-corrected chi connectivity index (χ1v) is 5.49. The molecule has 0 spiro atoms. The Morgan fingerprint density at radius 2 is 2.07 bits per heavy atom. The molecule has 2 rings (SSSR count). The van der Waals surface area contributed by atoms with Gasteiger partial charge in [-0.1, -0.05) is 13.8 Å². The van der Waals surface area contributed by atoms with Crippen molar-refractivity contribution in [2.24, 2.45) is 5.41 Å². The standard InChI is InChI=1S/C11H20N2O/c1-11(2)5-7-13(8-11)9-4-6-12(3)10(9)14/h9H,4-8H2,1-3H3. The zero-order chi connectivity index (χ0) is 10.3. The van der Waals surface area contributed by atoms with Gasteiger partial charge in [0.2, 0.25) is 5.91 Å². The minimum absolute atomic E-state index is 0.182. The molecule has 2 heterocycles. The molecule has 1 atom stereocenters. The molecule has 1 unspecified atom stereocenters. The molecule has 0 saturated carbocycles. The minimum Gasteiger partial charge on any atom is -0.344 e. The van der Waals surface area contributed by atoms with Crippen molar-refractivity contribution in [2.75, 3.05) is 26.7 Å². The van der Waals surface area contributed by atoms with Gasteiger partial charge in [-0.15, -0.1) is 0 Å². The largest absolute Gasteiger partial charge is 0.344 e. The SMILES string of the molecule is CN1CCC(N2CCC(C)(C)C2)C1=O. The van der Waals surface area contributed by atoms with Crippen molar-refractivity contribution in [3.63, 3.8) is 0 Å². The monoisotopic (exact) mass is 196 g/mol. The van der Waals surface area contributed by atoms with Gasteiger partial charge < -0.3 is 4.90 Å². The summed E-state index contributed by atoms with van der Waals surface area (Å²) in [5, 5.41) is 0. The maximum Gasteiger partial charge on any atom is 0.239 e. The second-order valence-electron chi connectivity index (χ2n) is 5.45. The summed E-state index contributed by atoms with van der Waals surface area (Å²) in [4.78, 5) is 16.0. The van der Waals surface area contributed by atoms with E-state index in [0.717, 1.165) is 26.1 Å². The summed E-state index contributed by atoms with van der Waals surface area (Å²) in [5.41, 5.74) is 0.404. The van der Waals surface area contributed by atoms with Gasteiger partial charge in [0.05, 0.1) is 6.04 Å². The molecule has 14 heavy (non-hydrogen) atoms. The van der Waals surface area contributed by atoms with Crippen LogP contribution in [0.25, 0.3) is 0 Å². The van der Waals surface area contributed by atoms with Crippen LogP contribution in [0.4, 0.5) is 0 Å². The van der Waals surface area contributed by atoms with Crippen LogP contribution in [0, 0.1) is 5.41 Å². The van der Waals surface area contributed by atoms with Crippen LogP contribution in [0.3, 0.4) is 0 Å². The fourth-order valence-corrected chi connectivity index (χ4v) is 2.56. The average molecular weight is 196 g/mol. The van der Waals surface area contributed by atoms with Crippen LogP contribution < -0.4 is 0 Å². The molecule has 0 aromatic heterocycles. The molecule has 0 aromatic carbocycles. The number of hydrogen-bond acceptors (Lipinski definition) is 2. The van der Waals surface area contributed by atoms with E-state index in [1.54, 1.807) is 0 Å². The van der Waals surface area contributed by atoms with Gasteiger partial charge in [-0.05, 0) is 24.8 Å². The normalized spacial score (nSPS) is 32.9. The number of carbonyl (C=O) groups excluding carboxylic acids is 1. The highest BCUT2D eigenvalue weighted by Crippen LogP contribution is 2.32. The van der Waals surface area contributed by atoms with Crippen molar-refractivity contribution >= 4 is 5.91 Å². The van der Waals surface area contributed by atoms with E-state index in [-0.39, 0.29) is 6.04 Å². The number of likely N-dealkylation sites (N-methyl/N-ethyl adjacent to an activating group) is 1. The summed E-state index contributed by atoms with van der Waals surface area (Å²) in [6, 6.07) is 0.182. The first-order chi connectivity index (χ1) is 6.49. The van der Waals surface area contributed by atoms with Crippen molar-refractivity contribution in [1.82, 2.24) is 9.80 Å². The third-order valence-corrected chi connectivity index (χ3v) is 3.55. The molecule has 0 aromatic rings. The van der Waals surface area contributed by atoms with Gasteiger partial charge in [0.15, 0.2) is 0 Å². The number of likely N-dealkylation sites (tertiary alicyclic amines) is 2. The first-order valence-electron chi connectivity index (χ1n) is 5.49. The van der Waals surface area contributed by atoms with E-state index < -0.39 is 0 Å². The lowest BCUT2D eigenvalue weighted by Gasteiger charge is -2.24. The summed E-state index contributed by atoms with van der Waals surface area (Å²) in [5.74, 6) is 0.322. The third-order valence-electron chi connectivity index (χ3n) is 3.55. The predicted octanol–water partition coefficient (Wildman–Crippen LogP) is 0.949. The lowest BCUT2D eigenvalue weighted by Crippen LogP contribution is -2.40. The van der Waals surface area contributed by atoms with Crippen LogP contribution in [0.5, 0.6) is 0 Å². The van der Waals surface area contributed by atoms with Crippen LogP contribution in [-0.2, 0) is 4.79 Å². The molecule has 2 fully saturated rings. The van der Waals surface area contributed by atoms with Gasteiger partial charge in [-0.25, -0.2) is 0 Å². The summed E-state index contributed by atoms with van der Waals surface area (Å²) in [6.45, 7) is 7.68. The van der Waals surface area contributed by atoms with E-state index in [1.807, 2.05) is 11.9 Å². The Balaban J connectivity index is 2.01. The molecule has 3 nitrogen and oxygen atoms in total. The van der Waals surface area contributed by atoms with Gasteiger partial charge >= 0.3 is 0 Å². The van der Waals surface area contributed by atoms with E-state index in [0.29, 0.717) is 11.3 Å². The van der Waals surface area contributed by atoms with Gasteiger partial charge in [0, 0.05) is 20.1 Å². The number of nitrogens with zero attached hydrogens (tertiary/aromatic N) is 2. The molecule has 80 valence electrons. The van der Waals surface area contributed by atoms with Crippen LogP contribution in [-0.4, -0.2) is 48.4 Å². The highest BCUT2D eigenvalue weighted by Gasteiger charge is 2.39. The molecule has 0 bridgehead atoms. The molecular weight excluding hydrogens is 176 g/mol. The lowest BCUT2D eigenvalue weighted by molar-refractivity contribution is -0.130. The maximum atomic E-state index is 11.8. The summed E-state index contributed by atoms with van der Waals surface area (Å²) < 4.78 is 0. The average Bonchev–Trinajstić information content (AvgIpc) is 2.59. The first kappa shape index (κ1) is 9.97. The smallest absolute Gasteiger partial charge is 0.239 e. The number of amides is 1. The molecule has 3 heteroatoms. The van der Waals surface area contributed by atoms with Crippen LogP contribution in [0.1, 0.15) is 26.7 Å². The Morgan fingerprint density at radius 3 is 2.50 bits per heavy atom.